The van der Waals surface area contributed by atoms with Crippen LogP contribution in [0.1, 0.15) is 15.9 Å². The Labute approximate surface area is 158 Å². The highest BCUT2D eigenvalue weighted by molar-refractivity contribution is 6.05. The zero-order valence-corrected chi connectivity index (χ0v) is 14.4. The van der Waals surface area contributed by atoms with Crippen LogP contribution in [-0.4, -0.2) is 15.3 Å². The van der Waals surface area contributed by atoms with Crippen LogP contribution >= 0.6 is 0 Å². The van der Waals surface area contributed by atoms with Crippen molar-refractivity contribution in [2.45, 2.75) is 6.18 Å². The molecule has 0 unspecified atom stereocenters. The molecule has 28 heavy (non-hydrogen) atoms. The van der Waals surface area contributed by atoms with Crippen LogP contribution in [0.2, 0.25) is 0 Å². The number of benzene rings is 2. The molecular formula is C21H14F3N3O. The van der Waals surface area contributed by atoms with Gasteiger partial charge in [0.15, 0.2) is 0 Å². The molecule has 0 saturated heterocycles. The first-order valence-electron chi connectivity index (χ1n) is 8.44. The lowest BCUT2D eigenvalue weighted by Gasteiger charge is -2.10. The maximum Gasteiger partial charge on any atom is 0.416 e. The number of aromatic nitrogens is 2. The van der Waals surface area contributed by atoms with Gasteiger partial charge in [0.1, 0.15) is 17.2 Å². The molecule has 2 aromatic heterocycles. The van der Waals surface area contributed by atoms with Crippen molar-refractivity contribution in [3.8, 4) is 11.3 Å². The molecule has 140 valence electrons. The number of nitrogens with zero attached hydrogens (tertiary/aromatic N) is 2. The minimum absolute atomic E-state index is 0.123. The topological polar surface area (TPSA) is 46.4 Å². The Morgan fingerprint density at radius 1 is 0.893 bits per heavy atom. The normalized spacial score (nSPS) is 11.5. The molecule has 1 amide bonds. The fraction of sp³-hybridized carbons (Fsp3) is 0.0476. The number of fused-ring (bicyclic) bond motifs is 1. The molecule has 0 fully saturated rings. The summed E-state index contributed by atoms with van der Waals surface area (Å²) in [5.41, 5.74) is 1.35. The predicted molar refractivity (Wildman–Crippen MR) is 100 cm³/mol. The van der Waals surface area contributed by atoms with Crippen molar-refractivity contribution in [3.05, 3.63) is 90.1 Å². The van der Waals surface area contributed by atoms with E-state index in [-0.39, 0.29) is 5.56 Å². The number of pyridine rings is 1. The minimum Gasteiger partial charge on any atom is -0.306 e. The molecule has 0 aliphatic carbocycles. The van der Waals surface area contributed by atoms with E-state index in [9.17, 15) is 18.0 Å². The molecule has 4 aromatic rings. The van der Waals surface area contributed by atoms with Crippen LogP contribution in [0.4, 0.5) is 19.0 Å². The predicted octanol–water partition coefficient (Wildman–Crippen LogP) is 5.27. The SMILES string of the molecule is O=C(Nc1c(-c2ccccc2)nc2ccccn12)c1ccc(C(F)(F)F)cc1. The first-order chi connectivity index (χ1) is 13.4. The van der Waals surface area contributed by atoms with Crippen LogP contribution in [0.25, 0.3) is 16.9 Å². The fourth-order valence-electron chi connectivity index (χ4n) is 2.90. The number of halogens is 3. The maximum absolute atomic E-state index is 12.7. The van der Waals surface area contributed by atoms with Crippen LogP contribution in [0.5, 0.6) is 0 Å². The number of nitrogens with one attached hydrogen (secondary N) is 1. The molecule has 0 bridgehead atoms. The van der Waals surface area contributed by atoms with Gasteiger partial charge in [-0.15, -0.1) is 0 Å². The van der Waals surface area contributed by atoms with Crippen LogP contribution < -0.4 is 5.32 Å². The van der Waals surface area contributed by atoms with Gasteiger partial charge in [0.05, 0.1) is 5.56 Å². The lowest BCUT2D eigenvalue weighted by Crippen LogP contribution is -2.14. The third kappa shape index (κ3) is 3.34. The summed E-state index contributed by atoms with van der Waals surface area (Å²) in [5, 5.41) is 2.79. The number of hydrogen-bond acceptors (Lipinski definition) is 2. The van der Waals surface area contributed by atoms with Crippen molar-refractivity contribution >= 4 is 17.4 Å². The van der Waals surface area contributed by atoms with Gasteiger partial charge in [-0.2, -0.15) is 13.2 Å². The molecule has 2 aromatic carbocycles. The third-order valence-electron chi connectivity index (χ3n) is 4.28. The summed E-state index contributed by atoms with van der Waals surface area (Å²) in [4.78, 5) is 17.2. The van der Waals surface area contributed by atoms with Crippen molar-refractivity contribution in [1.29, 1.82) is 0 Å². The third-order valence-corrected chi connectivity index (χ3v) is 4.28. The lowest BCUT2D eigenvalue weighted by atomic mass is 10.1. The summed E-state index contributed by atoms with van der Waals surface area (Å²) in [6.07, 6.45) is -2.69. The van der Waals surface area contributed by atoms with Crippen LogP contribution in [0, 0.1) is 0 Å². The van der Waals surface area contributed by atoms with Crippen LogP contribution in [-0.2, 0) is 6.18 Å². The summed E-state index contributed by atoms with van der Waals surface area (Å²) in [6, 6.07) is 18.9. The lowest BCUT2D eigenvalue weighted by molar-refractivity contribution is -0.137. The molecule has 4 rings (SSSR count). The molecule has 7 heteroatoms. The monoisotopic (exact) mass is 381 g/mol. The van der Waals surface area contributed by atoms with Gasteiger partial charge in [0.25, 0.3) is 5.91 Å². The molecule has 0 aliphatic heterocycles. The van der Waals surface area contributed by atoms with E-state index in [1.807, 2.05) is 36.4 Å². The molecular weight excluding hydrogens is 367 g/mol. The standard InChI is InChI=1S/C21H14F3N3O/c22-21(23,24)16-11-9-15(10-12-16)20(28)26-19-18(14-6-2-1-3-7-14)25-17-8-4-5-13-27(17)19/h1-13H,(H,26,28). The quantitative estimate of drug-likeness (QED) is 0.525. The van der Waals surface area contributed by atoms with Gasteiger partial charge in [-0.05, 0) is 36.4 Å². The van der Waals surface area contributed by atoms with Crippen molar-refractivity contribution < 1.29 is 18.0 Å². The van der Waals surface area contributed by atoms with Gasteiger partial charge in [-0.3, -0.25) is 9.20 Å². The van der Waals surface area contributed by atoms with Crippen LogP contribution in [0.15, 0.2) is 79.0 Å². The Morgan fingerprint density at radius 2 is 1.57 bits per heavy atom. The van der Waals surface area contributed by atoms with E-state index in [1.54, 1.807) is 22.7 Å². The largest absolute Gasteiger partial charge is 0.416 e. The van der Waals surface area contributed by atoms with E-state index in [0.717, 1.165) is 29.8 Å². The molecule has 0 atom stereocenters. The summed E-state index contributed by atoms with van der Waals surface area (Å²) in [6.45, 7) is 0. The van der Waals surface area contributed by atoms with Gasteiger partial charge < -0.3 is 5.32 Å². The first-order valence-corrected chi connectivity index (χ1v) is 8.44. The number of imidazole rings is 1. The highest BCUT2D eigenvalue weighted by atomic mass is 19.4. The molecule has 4 nitrogen and oxygen atoms in total. The van der Waals surface area contributed by atoms with Crippen molar-refractivity contribution in [2.24, 2.45) is 0 Å². The average Bonchev–Trinajstić information content (AvgIpc) is 3.06. The average molecular weight is 381 g/mol. The number of hydrogen-bond donors (Lipinski definition) is 1. The minimum atomic E-state index is -4.45. The summed E-state index contributed by atoms with van der Waals surface area (Å²) < 4.78 is 39.9. The van der Waals surface area contributed by atoms with E-state index in [4.69, 9.17) is 0 Å². The molecule has 0 spiro atoms. The highest BCUT2D eigenvalue weighted by Gasteiger charge is 2.30. The second-order valence-electron chi connectivity index (χ2n) is 6.13. The molecule has 2 heterocycles. The Balaban J connectivity index is 1.72. The van der Waals surface area contributed by atoms with Crippen molar-refractivity contribution in [3.63, 3.8) is 0 Å². The molecule has 0 aliphatic rings. The van der Waals surface area contributed by atoms with E-state index >= 15 is 0 Å². The summed E-state index contributed by atoms with van der Waals surface area (Å²) in [7, 11) is 0. The summed E-state index contributed by atoms with van der Waals surface area (Å²) in [5.74, 6) is -0.0664. The second-order valence-corrected chi connectivity index (χ2v) is 6.13. The Kier molecular flexibility index (Phi) is 4.35. The van der Waals surface area contributed by atoms with E-state index < -0.39 is 17.6 Å². The Hall–Kier alpha value is -3.61. The molecule has 0 saturated carbocycles. The van der Waals surface area contributed by atoms with Gasteiger partial charge in [-0.25, -0.2) is 4.98 Å². The zero-order chi connectivity index (χ0) is 19.7. The van der Waals surface area contributed by atoms with Crippen LogP contribution in [0.3, 0.4) is 0 Å². The van der Waals surface area contributed by atoms with E-state index in [2.05, 4.69) is 10.3 Å². The Bertz CT molecular complexity index is 1130. The van der Waals surface area contributed by atoms with Gasteiger partial charge in [-0.1, -0.05) is 36.4 Å². The van der Waals surface area contributed by atoms with E-state index in [0.29, 0.717) is 17.2 Å². The van der Waals surface area contributed by atoms with Gasteiger partial charge >= 0.3 is 6.18 Å². The second kappa shape index (κ2) is 6.84. The number of rotatable bonds is 3. The fourth-order valence-corrected chi connectivity index (χ4v) is 2.90. The summed E-state index contributed by atoms with van der Waals surface area (Å²) >= 11 is 0. The number of carbonyl (C=O) groups is 1. The maximum atomic E-state index is 12.7. The zero-order valence-electron chi connectivity index (χ0n) is 14.4. The number of amides is 1. The first kappa shape index (κ1) is 17.8. The van der Waals surface area contributed by atoms with Gasteiger partial charge in [0, 0.05) is 17.3 Å². The van der Waals surface area contributed by atoms with Gasteiger partial charge in [0.2, 0.25) is 0 Å². The number of anilines is 1. The van der Waals surface area contributed by atoms with Crippen molar-refractivity contribution in [1.82, 2.24) is 9.38 Å². The number of carbonyl (C=O) groups excluding carboxylic acids is 1. The Morgan fingerprint density at radius 3 is 2.25 bits per heavy atom. The molecule has 1 N–H and O–H groups in total. The van der Waals surface area contributed by atoms with E-state index in [1.165, 1.54) is 0 Å². The molecule has 0 radical (unpaired) electrons. The number of alkyl halides is 3. The highest BCUT2D eigenvalue weighted by Crippen LogP contribution is 2.31. The smallest absolute Gasteiger partial charge is 0.306 e. The van der Waals surface area contributed by atoms with Crippen molar-refractivity contribution in [2.75, 3.05) is 5.32 Å².